The largest absolute Gasteiger partial charge is 0.466 e. The second-order valence-corrected chi connectivity index (χ2v) is 8.58. The lowest BCUT2D eigenvalue weighted by Gasteiger charge is -2.20. The van der Waals surface area contributed by atoms with Gasteiger partial charge < -0.3 is 9.47 Å². The van der Waals surface area contributed by atoms with Gasteiger partial charge in [-0.25, -0.2) is 0 Å². The van der Waals surface area contributed by atoms with E-state index in [4.69, 9.17) is 9.47 Å². The van der Waals surface area contributed by atoms with Crippen LogP contribution in [0, 0.1) is 11.8 Å². The van der Waals surface area contributed by atoms with Gasteiger partial charge in [0, 0.05) is 12.8 Å². The van der Waals surface area contributed by atoms with Gasteiger partial charge in [0.25, 0.3) is 0 Å². The highest BCUT2D eigenvalue weighted by atomic mass is 16.5. The number of ether oxygens (including phenoxy) is 2. The summed E-state index contributed by atoms with van der Waals surface area (Å²) in [6.45, 7) is 9.24. The van der Waals surface area contributed by atoms with Crippen LogP contribution in [0.3, 0.4) is 0 Å². The van der Waals surface area contributed by atoms with Crippen molar-refractivity contribution in [2.24, 2.45) is 11.8 Å². The highest BCUT2D eigenvalue weighted by Gasteiger charge is 2.15. The molecule has 0 bridgehead atoms. The number of rotatable bonds is 20. The Balaban J connectivity index is 3.46. The molecule has 172 valence electrons. The van der Waals surface area contributed by atoms with Crippen molar-refractivity contribution in [3.63, 3.8) is 0 Å². The summed E-state index contributed by atoms with van der Waals surface area (Å²) in [5.41, 5.74) is 0. The molecule has 0 spiro atoms. The lowest BCUT2D eigenvalue weighted by Crippen LogP contribution is -2.12. The highest BCUT2D eigenvalue weighted by molar-refractivity contribution is 5.69. The molecule has 0 aromatic rings. The van der Waals surface area contributed by atoms with Crippen molar-refractivity contribution in [3.8, 4) is 0 Å². The smallest absolute Gasteiger partial charge is 0.305 e. The van der Waals surface area contributed by atoms with Crippen LogP contribution < -0.4 is 0 Å². The zero-order valence-electron chi connectivity index (χ0n) is 19.8. The molecule has 0 aromatic heterocycles. The Kier molecular flexibility index (Phi) is 19.5. The van der Waals surface area contributed by atoms with Crippen LogP contribution in [0.25, 0.3) is 0 Å². The van der Waals surface area contributed by atoms with Crippen LogP contribution >= 0.6 is 0 Å². The second-order valence-electron chi connectivity index (χ2n) is 8.58. The number of esters is 2. The normalized spacial score (nSPS) is 12.2. The summed E-state index contributed by atoms with van der Waals surface area (Å²) >= 11 is 0. The summed E-state index contributed by atoms with van der Waals surface area (Å²) in [6.07, 6.45) is 17.3. The Labute approximate surface area is 180 Å². The van der Waals surface area contributed by atoms with Gasteiger partial charge in [0.1, 0.15) is 0 Å². The van der Waals surface area contributed by atoms with Crippen LogP contribution in [-0.4, -0.2) is 25.2 Å². The SMILES string of the molecule is CCOC(=O)CCCCCCCCCCCCCC(CCC(=O)OCC)C(C)C. The average Bonchev–Trinajstić information content (AvgIpc) is 2.67. The van der Waals surface area contributed by atoms with E-state index < -0.39 is 0 Å². The minimum Gasteiger partial charge on any atom is -0.466 e. The summed E-state index contributed by atoms with van der Waals surface area (Å²) in [5, 5.41) is 0. The first-order valence-electron chi connectivity index (χ1n) is 12.3. The lowest BCUT2D eigenvalue weighted by molar-refractivity contribution is -0.144. The quantitative estimate of drug-likeness (QED) is 0.156. The van der Waals surface area contributed by atoms with E-state index in [9.17, 15) is 9.59 Å². The fourth-order valence-corrected chi connectivity index (χ4v) is 3.85. The molecule has 4 heteroatoms. The summed E-state index contributed by atoms with van der Waals surface area (Å²) in [6, 6.07) is 0. The predicted molar refractivity (Wildman–Crippen MR) is 121 cm³/mol. The van der Waals surface area contributed by atoms with Gasteiger partial charge in [-0.3, -0.25) is 9.59 Å². The molecule has 0 rings (SSSR count). The van der Waals surface area contributed by atoms with E-state index in [0.717, 1.165) is 19.3 Å². The molecule has 1 atom stereocenters. The average molecular weight is 413 g/mol. The molecule has 0 aromatic carbocycles. The fourth-order valence-electron chi connectivity index (χ4n) is 3.85. The Morgan fingerprint density at radius 3 is 1.45 bits per heavy atom. The molecule has 0 heterocycles. The van der Waals surface area contributed by atoms with Gasteiger partial charge in [0.15, 0.2) is 0 Å². The van der Waals surface area contributed by atoms with Crippen LogP contribution in [0.1, 0.15) is 124 Å². The zero-order chi connectivity index (χ0) is 21.7. The molecule has 4 nitrogen and oxygen atoms in total. The molecule has 0 amide bonds. The van der Waals surface area contributed by atoms with E-state index in [1.54, 1.807) is 0 Å². The minimum absolute atomic E-state index is 0.0443. The van der Waals surface area contributed by atoms with Gasteiger partial charge in [0.05, 0.1) is 13.2 Å². The molecule has 0 N–H and O–H groups in total. The van der Waals surface area contributed by atoms with Gasteiger partial charge >= 0.3 is 11.9 Å². The van der Waals surface area contributed by atoms with Crippen molar-refractivity contribution in [1.29, 1.82) is 0 Å². The number of hydrogen-bond acceptors (Lipinski definition) is 4. The Hall–Kier alpha value is -1.06. The topological polar surface area (TPSA) is 52.6 Å². The second kappa shape index (κ2) is 20.2. The number of carbonyl (C=O) groups excluding carboxylic acids is 2. The van der Waals surface area contributed by atoms with Crippen LogP contribution in [0.2, 0.25) is 0 Å². The maximum atomic E-state index is 11.6. The van der Waals surface area contributed by atoms with Crippen LogP contribution in [0.4, 0.5) is 0 Å². The fraction of sp³-hybridized carbons (Fsp3) is 0.920. The molecule has 0 saturated carbocycles. The van der Waals surface area contributed by atoms with Crippen LogP contribution in [0.5, 0.6) is 0 Å². The number of carbonyl (C=O) groups is 2. The lowest BCUT2D eigenvalue weighted by atomic mass is 9.86. The molecule has 0 aliphatic heterocycles. The standard InChI is InChI=1S/C25H48O4/c1-5-28-24(26)19-17-15-13-11-9-7-8-10-12-14-16-18-23(22(3)4)20-21-25(27)29-6-2/h22-23H,5-21H2,1-4H3. The number of unbranched alkanes of at least 4 members (excludes halogenated alkanes) is 10. The summed E-state index contributed by atoms with van der Waals surface area (Å²) in [4.78, 5) is 22.8. The van der Waals surface area contributed by atoms with Crippen molar-refractivity contribution < 1.29 is 19.1 Å². The molecule has 29 heavy (non-hydrogen) atoms. The maximum absolute atomic E-state index is 11.6. The summed E-state index contributed by atoms with van der Waals surface area (Å²) in [7, 11) is 0. The van der Waals surface area contributed by atoms with Crippen LogP contribution in [0.15, 0.2) is 0 Å². The van der Waals surface area contributed by atoms with Crippen molar-refractivity contribution in [3.05, 3.63) is 0 Å². The van der Waals surface area contributed by atoms with Crippen molar-refractivity contribution in [2.75, 3.05) is 13.2 Å². The monoisotopic (exact) mass is 412 g/mol. The van der Waals surface area contributed by atoms with Gasteiger partial charge in [-0.15, -0.1) is 0 Å². The van der Waals surface area contributed by atoms with Crippen molar-refractivity contribution in [1.82, 2.24) is 0 Å². The third kappa shape index (κ3) is 18.7. The molecule has 0 saturated heterocycles. The summed E-state index contributed by atoms with van der Waals surface area (Å²) < 4.78 is 9.99. The van der Waals surface area contributed by atoms with Gasteiger partial charge in [-0.05, 0) is 38.5 Å². The Morgan fingerprint density at radius 2 is 1.00 bits per heavy atom. The van der Waals surface area contributed by atoms with E-state index in [1.807, 2.05) is 13.8 Å². The molecule has 0 aliphatic rings. The highest BCUT2D eigenvalue weighted by Crippen LogP contribution is 2.24. The van der Waals surface area contributed by atoms with E-state index in [-0.39, 0.29) is 11.9 Å². The predicted octanol–water partition coefficient (Wildman–Crippen LogP) is 7.24. The number of hydrogen-bond donors (Lipinski definition) is 0. The van der Waals surface area contributed by atoms with E-state index in [0.29, 0.717) is 37.9 Å². The molecule has 0 radical (unpaired) electrons. The Morgan fingerprint density at radius 1 is 0.586 bits per heavy atom. The van der Waals surface area contributed by atoms with E-state index >= 15 is 0 Å². The molecule has 0 aliphatic carbocycles. The molecular weight excluding hydrogens is 364 g/mol. The maximum Gasteiger partial charge on any atom is 0.305 e. The molecule has 1 unspecified atom stereocenters. The van der Waals surface area contributed by atoms with Crippen LogP contribution in [-0.2, 0) is 19.1 Å². The van der Waals surface area contributed by atoms with Gasteiger partial charge in [0.2, 0.25) is 0 Å². The summed E-state index contributed by atoms with van der Waals surface area (Å²) in [5.74, 6) is 1.19. The Bertz CT molecular complexity index is 392. The first-order chi connectivity index (χ1) is 14.0. The van der Waals surface area contributed by atoms with Crippen molar-refractivity contribution in [2.45, 2.75) is 124 Å². The third-order valence-corrected chi connectivity index (χ3v) is 5.73. The molecular formula is C25H48O4. The third-order valence-electron chi connectivity index (χ3n) is 5.73. The zero-order valence-corrected chi connectivity index (χ0v) is 19.8. The van der Waals surface area contributed by atoms with E-state index in [2.05, 4.69) is 13.8 Å². The minimum atomic E-state index is -0.0498. The van der Waals surface area contributed by atoms with Gasteiger partial charge in [-0.2, -0.15) is 0 Å². The van der Waals surface area contributed by atoms with Gasteiger partial charge in [-0.1, -0.05) is 84.5 Å². The molecule has 0 fully saturated rings. The van der Waals surface area contributed by atoms with E-state index in [1.165, 1.54) is 64.2 Å². The first kappa shape index (κ1) is 27.9. The first-order valence-corrected chi connectivity index (χ1v) is 12.3. The van der Waals surface area contributed by atoms with Crippen molar-refractivity contribution >= 4 is 11.9 Å².